The number of carbonyl (C=O) groups excluding carboxylic acids is 2. The zero-order valence-corrected chi connectivity index (χ0v) is 26.9. The quantitative estimate of drug-likeness (QED) is 0.295. The van der Waals surface area contributed by atoms with Gasteiger partial charge in [-0.15, -0.1) is 0 Å². The van der Waals surface area contributed by atoms with E-state index in [4.69, 9.17) is 16.3 Å². The van der Waals surface area contributed by atoms with E-state index in [-0.39, 0.29) is 29.6 Å². The maximum absolute atomic E-state index is 14.1. The van der Waals surface area contributed by atoms with Crippen molar-refractivity contribution in [2.24, 2.45) is 0 Å². The molecule has 0 aliphatic heterocycles. The number of nitrogens with one attached hydrogen (secondary N) is 1. The van der Waals surface area contributed by atoms with Crippen LogP contribution in [0.25, 0.3) is 0 Å². The third-order valence-corrected chi connectivity index (χ3v) is 8.10. The lowest BCUT2D eigenvalue weighted by Crippen LogP contribution is -2.56. The number of methoxy groups -OCH3 is 1. The summed E-state index contributed by atoms with van der Waals surface area (Å²) in [6.07, 6.45) is 1.25. The Morgan fingerprint density at radius 2 is 1.63 bits per heavy atom. The molecule has 0 aliphatic carbocycles. The highest BCUT2D eigenvalue weighted by Gasteiger charge is 2.34. The van der Waals surface area contributed by atoms with E-state index >= 15 is 0 Å². The van der Waals surface area contributed by atoms with E-state index in [1.54, 1.807) is 0 Å². The van der Waals surface area contributed by atoms with Crippen LogP contribution in [0.4, 0.5) is 5.69 Å². The second-order valence-corrected chi connectivity index (χ2v) is 13.9. The highest BCUT2D eigenvalue weighted by atomic mass is 79.9. The largest absolute Gasteiger partial charge is 0.495 e. The first-order chi connectivity index (χ1) is 19.2. The summed E-state index contributed by atoms with van der Waals surface area (Å²) in [5, 5.41) is 3.20. The minimum Gasteiger partial charge on any atom is -0.495 e. The Hall–Kier alpha value is -3.08. The average molecular weight is 665 g/mol. The molecule has 220 valence electrons. The molecular weight excluding hydrogens is 630 g/mol. The number of hydrogen-bond acceptors (Lipinski definition) is 5. The maximum atomic E-state index is 14.1. The average Bonchev–Trinajstić information content (AvgIpc) is 2.89. The molecule has 0 fully saturated rings. The number of benzene rings is 3. The third-order valence-electron chi connectivity index (χ3n) is 6.14. The van der Waals surface area contributed by atoms with E-state index in [0.29, 0.717) is 5.75 Å². The van der Waals surface area contributed by atoms with Gasteiger partial charge in [-0.1, -0.05) is 70.0 Å². The van der Waals surface area contributed by atoms with Crippen LogP contribution < -0.4 is 14.4 Å². The number of anilines is 1. The predicted molar refractivity (Wildman–Crippen MR) is 167 cm³/mol. The van der Waals surface area contributed by atoms with Crippen molar-refractivity contribution in [3.63, 3.8) is 0 Å². The summed E-state index contributed by atoms with van der Waals surface area (Å²) < 4.78 is 32.9. The number of rotatable bonds is 11. The summed E-state index contributed by atoms with van der Waals surface area (Å²) in [7, 11) is -2.46. The lowest BCUT2D eigenvalue weighted by molar-refractivity contribution is -0.140. The van der Waals surface area contributed by atoms with Crippen molar-refractivity contribution in [1.82, 2.24) is 10.2 Å². The van der Waals surface area contributed by atoms with Gasteiger partial charge in [-0.05, 0) is 62.2 Å². The monoisotopic (exact) mass is 663 g/mol. The highest BCUT2D eigenvalue weighted by molar-refractivity contribution is 9.10. The molecular formula is C30H35BrClN3O5S. The Kier molecular flexibility index (Phi) is 10.9. The Bertz CT molecular complexity index is 1460. The summed E-state index contributed by atoms with van der Waals surface area (Å²) in [6, 6.07) is 20.4. The van der Waals surface area contributed by atoms with E-state index in [0.717, 1.165) is 26.2 Å². The van der Waals surface area contributed by atoms with Crippen molar-refractivity contribution in [2.75, 3.05) is 24.2 Å². The molecule has 0 heterocycles. The van der Waals surface area contributed by atoms with Gasteiger partial charge in [-0.25, -0.2) is 8.42 Å². The highest BCUT2D eigenvalue weighted by Crippen LogP contribution is 2.30. The molecule has 1 atom stereocenters. The van der Waals surface area contributed by atoms with Gasteiger partial charge in [0.15, 0.2) is 0 Å². The molecule has 8 nitrogen and oxygen atoms in total. The zero-order valence-electron chi connectivity index (χ0n) is 23.7. The number of hydrogen-bond donors (Lipinski definition) is 1. The third kappa shape index (κ3) is 9.48. The SMILES string of the molecule is COc1ccc(N(CC(=O)N(Cc2ccc(Br)cc2)C(Cc2ccccc2)C(=O)NC(C)(C)C)S(C)(=O)=O)cc1Cl. The summed E-state index contributed by atoms with van der Waals surface area (Å²) in [5.74, 6) is -0.519. The number of nitrogens with zero attached hydrogens (tertiary/aromatic N) is 2. The van der Waals surface area contributed by atoms with Gasteiger partial charge < -0.3 is 15.0 Å². The molecule has 41 heavy (non-hydrogen) atoms. The molecule has 0 radical (unpaired) electrons. The van der Waals surface area contributed by atoms with E-state index in [9.17, 15) is 18.0 Å². The van der Waals surface area contributed by atoms with Crippen molar-refractivity contribution in [3.8, 4) is 5.75 Å². The standard InChI is InChI=1S/C30H35BrClN3O5S/c1-30(2,3)33-29(37)26(17-21-9-7-6-8-10-21)34(19-22-11-13-23(31)14-12-22)28(36)20-35(41(5,38)39)24-15-16-27(40-4)25(32)18-24/h6-16,18,26H,17,19-20H2,1-5H3,(H,33,37). The second-order valence-electron chi connectivity index (χ2n) is 10.7. The first-order valence-electron chi connectivity index (χ1n) is 12.9. The van der Waals surface area contributed by atoms with Crippen molar-refractivity contribution >= 4 is 55.1 Å². The Morgan fingerprint density at radius 3 is 2.17 bits per heavy atom. The van der Waals surface area contributed by atoms with Crippen LogP contribution in [0.3, 0.4) is 0 Å². The number of ether oxygens (including phenoxy) is 1. The van der Waals surface area contributed by atoms with Gasteiger partial charge in [0.1, 0.15) is 18.3 Å². The minimum absolute atomic E-state index is 0.0855. The van der Waals surface area contributed by atoms with Crippen LogP contribution in [0.15, 0.2) is 77.3 Å². The molecule has 0 saturated carbocycles. The number of amides is 2. The normalized spacial score (nSPS) is 12.4. The lowest BCUT2D eigenvalue weighted by atomic mass is 10.0. The topological polar surface area (TPSA) is 96.0 Å². The maximum Gasteiger partial charge on any atom is 0.244 e. The molecule has 11 heteroatoms. The van der Waals surface area contributed by atoms with Gasteiger partial charge in [-0.3, -0.25) is 13.9 Å². The van der Waals surface area contributed by atoms with Crippen LogP contribution in [0.2, 0.25) is 5.02 Å². The molecule has 0 aromatic heterocycles. The molecule has 0 spiro atoms. The van der Waals surface area contributed by atoms with Gasteiger partial charge >= 0.3 is 0 Å². The van der Waals surface area contributed by atoms with E-state index in [2.05, 4.69) is 21.2 Å². The van der Waals surface area contributed by atoms with Gasteiger partial charge in [0.2, 0.25) is 21.8 Å². The Balaban J connectivity index is 2.08. The summed E-state index contributed by atoms with van der Waals surface area (Å²) in [5.41, 5.74) is 1.28. The molecule has 0 bridgehead atoms. The lowest BCUT2D eigenvalue weighted by Gasteiger charge is -2.35. The first kappa shape index (κ1) is 32.4. The molecule has 3 aromatic carbocycles. The van der Waals surface area contributed by atoms with Gasteiger partial charge in [0, 0.05) is 23.0 Å². The van der Waals surface area contributed by atoms with Crippen LogP contribution in [-0.4, -0.2) is 56.6 Å². The van der Waals surface area contributed by atoms with E-state index in [1.165, 1.54) is 30.2 Å². The van der Waals surface area contributed by atoms with Gasteiger partial charge in [0.25, 0.3) is 0 Å². The molecule has 2 amide bonds. The molecule has 0 saturated heterocycles. The van der Waals surface area contributed by atoms with Crippen molar-refractivity contribution in [1.29, 1.82) is 0 Å². The number of halogens is 2. The number of carbonyl (C=O) groups is 2. The first-order valence-corrected chi connectivity index (χ1v) is 15.9. The van der Waals surface area contributed by atoms with Crippen LogP contribution >= 0.6 is 27.5 Å². The fraction of sp³-hybridized carbons (Fsp3) is 0.333. The van der Waals surface area contributed by atoms with Crippen molar-refractivity contribution < 1.29 is 22.7 Å². The van der Waals surface area contributed by atoms with Gasteiger partial charge in [0.05, 0.1) is 24.1 Å². The minimum atomic E-state index is -3.92. The molecule has 3 aromatic rings. The molecule has 0 aliphatic rings. The number of sulfonamides is 1. The van der Waals surface area contributed by atoms with Gasteiger partial charge in [-0.2, -0.15) is 0 Å². The molecule has 3 rings (SSSR count). The molecule has 1 N–H and O–H groups in total. The van der Waals surface area contributed by atoms with Crippen LogP contribution in [0.5, 0.6) is 5.75 Å². The van der Waals surface area contributed by atoms with E-state index < -0.39 is 34.1 Å². The summed E-state index contributed by atoms with van der Waals surface area (Å²) in [4.78, 5) is 29.3. The summed E-state index contributed by atoms with van der Waals surface area (Å²) in [6.45, 7) is 5.15. The zero-order chi connectivity index (χ0) is 30.4. The Morgan fingerprint density at radius 1 is 1.00 bits per heavy atom. The van der Waals surface area contributed by atoms with E-state index in [1.807, 2.05) is 75.4 Å². The fourth-order valence-electron chi connectivity index (χ4n) is 4.22. The Labute approximate surface area is 255 Å². The molecule has 1 unspecified atom stereocenters. The van der Waals surface area contributed by atoms with Crippen LogP contribution in [-0.2, 0) is 32.6 Å². The smallest absolute Gasteiger partial charge is 0.244 e. The van der Waals surface area contributed by atoms with Crippen LogP contribution in [0.1, 0.15) is 31.9 Å². The van der Waals surface area contributed by atoms with Crippen molar-refractivity contribution in [3.05, 3.63) is 93.4 Å². The van der Waals surface area contributed by atoms with Crippen molar-refractivity contribution in [2.45, 2.75) is 45.3 Å². The summed E-state index contributed by atoms with van der Waals surface area (Å²) >= 11 is 9.72. The van der Waals surface area contributed by atoms with Crippen LogP contribution in [0, 0.1) is 0 Å². The fourth-order valence-corrected chi connectivity index (χ4v) is 5.58. The predicted octanol–water partition coefficient (Wildman–Crippen LogP) is 5.43. The second kappa shape index (κ2) is 13.7.